The minimum absolute atomic E-state index is 0.0383. The Balaban J connectivity index is 2.07. The third-order valence-corrected chi connectivity index (χ3v) is 5.65. The molecule has 2 aromatic rings. The minimum atomic E-state index is -3.63. The molecule has 8 nitrogen and oxygen atoms in total. The molecule has 0 radical (unpaired) electrons. The smallest absolute Gasteiger partial charge is 0.339 e. The predicted molar refractivity (Wildman–Crippen MR) is 104 cm³/mol. The van der Waals surface area contributed by atoms with E-state index in [9.17, 15) is 18.0 Å². The average Bonchev–Trinajstić information content (AvgIpc) is 2.67. The fourth-order valence-electron chi connectivity index (χ4n) is 2.22. The number of carbonyl (C=O) groups is 2. The van der Waals surface area contributed by atoms with E-state index in [0.29, 0.717) is 5.75 Å². The van der Waals surface area contributed by atoms with Crippen LogP contribution >= 0.6 is 0 Å². The van der Waals surface area contributed by atoms with Crippen molar-refractivity contribution in [3.05, 3.63) is 54.1 Å². The van der Waals surface area contributed by atoms with Crippen LogP contribution < -0.4 is 10.1 Å². The summed E-state index contributed by atoms with van der Waals surface area (Å²) in [7, 11) is 0.680. The van der Waals surface area contributed by atoms with E-state index < -0.39 is 28.0 Å². The highest BCUT2D eigenvalue weighted by molar-refractivity contribution is 7.89. The van der Waals surface area contributed by atoms with Crippen LogP contribution in [-0.4, -0.2) is 51.9 Å². The maximum absolute atomic E-state index is 12.3. The Kier molecular flexibility index (Phi) is 6.76. The zero-order valence-corrected chi connectivity index (χ0v) is 16.8. The predicted octanol–water partition coefficient (Wildman–Crippen LogP) is 2.13. The molecule has 0 aromatic heterocycles. The molecule has 2 rings (SSSR count). The molecule has 150 valence electrons. The number of rotatable bonds is 7. The minimum Gasteiger partial charge on any atom is -0.497 e. The SMILES string of the molecule is COc1cccc(C(=O)O[C@@H](C)C(=O)Nc2cccc(S(=O)(=O)N(C)C)c2)c1. The number of nitrogens with one attached hydrogen (secondary N) is 1. The lowest BCUT2D eigenvalue weighted by atomic mass is 10.2. The van der Waals surface area contributed by atoms with E-state index >= 15 is 0 Å². The Morgan fingerprint density at radius 1 is 1.07 bits per heavy atom. The van der Waals surface area contributed by atoms with E-state index in [2.05, 4.69) is 5.32 Å². The third kappa shape index (κ3) is 5.08. The van der Waals surface area contributed by atoms with Crippen molar-refractivity contribution in [2.24, 2.45) is 0 Å². The maximum atomic E-state index is 12.3. The standard InChI is InChI=1S/C19H22N2O6S/c1-13(27-19(23)14-7-5-9-16(11-14)26-4)18(22)20-15-8-6-10-17(12-15)28(24,25)21(2)3/h5-13H,1-4H3,(H,20,22)/t13-/m0/s1. The van der Waals surface area contributed by atoms with Gasteiger partial charge in [-0.1, -0.05) is 12.1 Å². The number of amides is 1. The molecule has 1 N–H and O–H groups in total. The molecule has 0 heterocycles. The van der Waals surface area contributed by atoms with Gasteiger partial charge in [0.2, 0.25) is 10.0 Å². The molecule has 0 aliphatic carbocycles. The van der Waals surface area contributed by atoms with Gasteiger partial charge >= 0.3 is 5.97 Å². The summed E-state index contributed by atoms with van der Waals surface area (Å²) in [6.07, 6.45) is -1.09. The van der Waals surface area contributed by atoms with Gasteiger partial charge < -0.3 is 14.8 Å². The molecule has 2 aromatic carbocycles. The van der Waals surface area contributed by atoms with Crippen LogP contribution in [0, 0.1) is 0 Å². The van der Waals surface area contributed by atoms with Crippen molar-refractivity contribution in [1.29, 1.82) is 0 Å². The summed E-state index contributed by atoms with van der Waals surface area (Å²) < 4.78 is 35.7. The highest BCUT2D eigenvalue weighted by atomic mass is 32.2. The Morgan fingerprint density at radius 3 is 2.39 bits per heavy atom. The summed E-state index contributed by atoms with van der Waals surface area (Å²) in [5.41, 5.74) is 0.523. The van der Waals surface area contributed by atoms with Gasteiger partial charge in [0, 0.05) is 19.8 Å². The van der Waals surface area contributed by atoms with E-state index in [1.807, 2.05) is 0 Å². The van der Waals surface area contributed by atoms with E-state index in [4.69, 9.17) is 9.47 Å². The first-order valence-corrected chi connectivity index (χ1v) is 9.77. The number of ether oxygens (including phenoxy) is 2. The molecule has 9 heteroatoms. The second-order valence-electron chi connectivity index (χ2n) is 6.08. The zero-order valence-electron chi connectivity index (χ0n) is 16.0. The lowest BCUT2D eigenvalue weighted by Gasteiger charge is -2.15. The van der Waals surface area contributed by atoms with E-state index in [1.54, 1.807) is 24.3 Å². The van der Waals surface area contributed by atoms with Crippen LogP contribution in [0.4, 0.5) is 5.69 Å². The van der Waals surface area contributed by atoms with Gasteiger partial charge in [0.15, 0.2) is 6.10 Å². The van der Waals surface area contributed by atoms with Gasteiger partial charge in [0.05, 0.1) is 17.6 Å². The van der Waals surface area contributed by atoms with Crippen molar-refractivity contribution in [2.75, 3.05) is 26.5 Å². The van der Waals surface area contributed by atoms with Crippen molar-refractivity contribution in [2.45, 2.75) is 17.9 Å². The van der Waals surface area contributed by atoms with Gasteiger partial charge in [0.25, 0.3) is 5.91 Å². The molecular formula is C19H22N2O6S. The number of methoxy groups -OCH3 is 1. The topological polar surface area (TPSA) is 102 Å². The molecule has 1 atom stereocenters. The highest BCUT2D eigenvalue weighted by Gasteiger charge is 2.21. The third-order valence-electron chi connectivity index (χ3n) is 3.84. The first-order valence-electron chi connectivity index (χ1n) is 8.33. The summed E-state index contributed by atoms with van der Waals surface area (Å²) in [5, 5.41) is 2.55. The maximum Gasteiger partial charge on any atom is 0.339 e. The molecule has 0 fully saturated rings. The van der Waals surface area contributed by atoms with Crippen LogP contribution in [0.5, 0.6) is 5.75 Å². The van der Waals surface area contributed by atoms with Crippen LogP contribution in [0.15, 0.2) is 53.4 Å². The number of esters is 1. The van der Waals surface area contributed by atoms with Gasteiger partial charge in [0.1, 0.15) is 5.75 Å². The molecule has 0 aliphatic rings. The fourth-order valence-corrected chi connectivity index (χ4v) is 3.17. The van der Waals surface area contributed by atoms with E-state index in [0.717, 1.165) is 4.31 Å². The number of hydrogen-bond acceptors (Lipinski definition) is 6. The summed E-state index contributed by atoms with van der Waals surface area (Å²) in [6, 6.07) is 12.2. The van der Waals surface area contributed by atoms with Crippen molar-refractivity contribution >= 4 is 27.6 Å². The molecule has 0 unspecified atom stereocenters. The van der Waals surface area contributed by atoms with Crippen molar-refractivity contribution in [3.8, 4) is 5.75 Å². The molecule has 0 saturated heterocycles. The van der Waals surface area contributed by atoms with Crippen molar-refractivity contribution in [1.82, 2.24) is 4.31 Å². The van der Waals surface area contributed by atoms with Crippen LogP contribution in [0.3, 0.4) is 0 Å². The molecule has 0 saturated carbocycles. The van der Waals surface area contributed by atoms with Gasteiger partial charge in [-0.15, -0.1) is 0 Å². The number of sulfonamides is 1. The van der Waals surface area contributed by atoms with Crippen LogP contribution in [0.2, 0.25) is 0 Å². The number of benzene rings is 2. The monoisotopic (exact) mass is 406 g/mol. The second kappa shape index (κ2) is 8.85. The summed E-state index contributed by atoms with van der Waals surface area (Å²) >= 11 is 0. The molecule has 28 heavy (non-hydrogen) atoms. The number of nitrogens with zero attached hydrogens (tertiary/aromatic N) is 1. The lowest BCUT2D eigenvalue weighted by Crippen LogP contribution is -2.30. The Hall–Kier alpha value is -2.91. The zero-order chi connectivity index (χ0) is 20.9. The number of carbonyl (C=O) groups excluding carboxylic acids is 2. The number of anilines is 1. The number of hydrogen-bond donors (Lipinski definition) is 1. The largest absolute Gasteiger partial charge is 0.497 e. The highest BCUT2D eigenvalue weighted by Crippen LogP contribution is 2.19. The molecule has 0 aliphatic heterocycles. The summed E-state index contributed by atoms with van der Waals surface area (Å²) in [6.45, 7) is 1.42. The lowest BCUT2D eigenvalue weighted by molar-refractivity contribution is -0.123. The molecular weight excluding hydrogens is 384 g/mol. The van der Waals surface area contributed by atoms with E-state index in [1.165, 1.54) is 52.4 Å². The first kappa shape index (κ1) is 21.4. The van der Waals surface area contributed by atoms with Crippen LogP contribution in [-0.2, 0) is 19.6 Å². The van der Waals surface area contributed by atoms with Gasteiger partial charge in [-0.25, -0.2) is 17.5 Å². The van der Waals surface area contributed by atoms with Crippen LogP contribution in [0.25, 0.3) is 0 Å². The first-order chi connectivity index (χ1) is 13.1. The quantitative estimate of drug-likeness (QED) is 0.707. The van der Waals surface area contributed by atoms with Crippen LogP contribution in [0.1, 0.15) is 17.3 Å². The molecule has 0 spiro atoms. The van der Waals surface area contributed by atoms with Crippen molar-refractivity contribution < 1.29 is 27.5 Å². The summed E-state index contributed by atoms with van der Waals surface area (Å²) in [5.74, 6) is -0.772. The Bertz CT molecular complexity index is 972. The van der Waals surface area contributed by atoms with Gasteiger partial charge in [-0.3, -0.25) is 4.79 Å². The van der Waals surface area contributed by atoms with Gasteiger partial charge in [-0.05, 0) is 43.3 Å². The molecule has 0 bridgehead atoms. The molecule has 1 amide bonds. The Morgan fingerprint density at radius 2 is 1.75 bits per heavy atom. The average molecular weight is 406 g/mol. The summed E-state index contributed by atoms with van der Waals surface area (Å²) in [4.78, 5) is 24.6. The van der Waals surface area contributed by atoms with E-state index in [-0.39, 0.29) is 16.1 Å². The fraction of sp³-hybridized carbons (Fsp3) is 0.263. The van der Waals surface area contributed by atoms with Crippen molar-refractivity contribution in [3.63, 3.8) is 0 Å². The second-order valence-corrected chi connectivity index (χ2v) is 8.24. The van der Waals surface area contributed by atoms with Gasteiger partial charge in [-0.2, -0.15) is 0 Å². The normalized spacial score (nSPS) is 12.3. The Labute approximate surface area is 164 Å².